The highest BCUT2D eigenvalue weighted by atomic mass is 32.1. The zero-order chi connectivity index (χ0) is 14.9. The monoisotopic (exact) mass is 294 g/mol. The second-order valence-corrected chi connectivity index (χ2v) is 4.68. The lowest BCUT2D eigenvalue weighted by atomic mass is 10.1. The molecule has 0 aliphatic heterocycles. The molecule has 0 aliphatic carbocycles. The van der Waals surface area contributed by atoms with Crippen molar-refractivity contribution in [1.82, 2.24) is 4.37 Å². The highest BCUT2D eigenvalue weighted by Gasteiger charge is 2.22. The Morgan fingerprint density at radius 3 is 2.35 bits per heavy atom. The summed E-state index contributed by atoms with van der Waals surface area (Å²) in [6, 6.07) is 3.86. The van der Waals surface area contributed by atoms with E-state index in [4.69, 9.17) is 5.11 Å². The molecule has 1 aromatic heterocycles. The predicted molar refractivity (Wildman–Crippen MR) is 71.5 cm³/mol. The van der Waals surface area contributed by atoms with Gasteiger partial charge in [-0.2, -0.15) is 4.37 Å². The fourth-order valence-electron chi connectivity index (χ4n) is 1.63. The smallest absolute Gasteiger partial charge is 0.340 e. The second kappa shape index (κ2) is 5.17. The summed E-state index contributed by atoms with van der Waals surface area (Å²) < 4.78 is 3.85. The number of benzene rings is 1. The summed E-state index contributed by atoms with van der Waals surface area (Å²) in [7, 11) is 0. The van der Waals surface area contributed by atoms with Crippen LogP contribution in [0.5, 0.6) is 11.5 Å². The average Bonchev–Trinajstić information content (AvgIpc) is 2.70. The van der Waals surface area contributed by atoms with E-state index in [9.17, 15) is 19.8 Å². The van der Waals surface area contributed by atoms with Gasteiger partial charge in [0.25, 0.3) is 5.91 Å². The van der Waals surface area contributed by atoms with Crippen LogP contribution in [0.4, 0.5) is 5.00 Å². The first kappa shape index (κ1) is 13.8. The van der Waals surface area contributed by atoms with Crippen molar-refractivity contribution in [2.75, 3.05) is 5.32 Å². The first-order valence-corrected chi connectivity index (χ1v) is 6.21. The minimum Gasteiger partial charge on any atom is -0.507 e. The molecular formula is C12H10N2O5S. The zero-order valence-electron chi connectivity index (χ0n) is 10.2. The van der Waals surface area contributed by atoms with Gasteiger partial charge in [0.05, 0.1) is 5.69 Å². The largest absolute Gasteiger partial charge is 0.507 e. The Kier molecular flexibility index (Phi) is 3.57. The molecule has 0 saturated heterocycles. The molecule has 4 N–H and O–H groups in total. The van der Waals surface area contributed by atoms with Gasteiger partial charge in [0.1, 0.15) is 27.6 Å². The van der Waals surface area contributed by atoms with Crippen molar-refractivity contribution in [3.8, 4) is 11.5 Å². The van der Waals surface area contributed by atoms with Gasteiger partial charge in [-0.1, -0.05) is 6.07 Å². The number of carbonyl (C=O) groups is 2. The van der Waals surface area contributed by atoms with Gasteiger partial charge in [-0.3, -0.25) is 4.79 Å². The number of anilines is 1. The Labute approximate surface area is 117 Å². The predicted octanol–water partition coefficient (Wildman–Crippen LogP) is 1.81. The fraction of sp³-hybridized carbons (Fsp3) is 0.0833. The number of aromatic nitrogens is 1. The standard InChI is InChI=1S/C12H10N2O5S/c1-5-8(12(18)19)11(20-14-5)13-10(17)9-6(15)3-2-4-7(9)16/h2-4,15-16H,1H3,(H,13,17)(H,18,19). The molecule has 2 rings (SSSR count). The van der Waals surface area contributed by atoms with Crippen LogP contribution in [0.2, 0.25) is 0 Å². The Morgan fingerprint density at radius 2 is 1.80 bits per heavy atom. The van der Waals surface area contributed by atoms with Crippen LogP contribution in [0.25, 0.3) is 0 Å². The number of hydrogen-bond acceptors (Lipinski definition) is 6. The molecule has 0 bridgehead atoms. The molecule has 7 nitrogen and oxygen atoms in total. The van der Waals surface area contributed by atoms with Crippen molar-refractivity contribution in [3.63, 3.8) is 0 Å². The van der Waals surface area contributed by atoms with Gasteiger partial charge < -0.3 is 20.6 Å². The topological polar surface area (TPSA) is 120 Å². The average molecular weight is 294 g/mol. The highest BCUT2D eigenvalue weighted by Crippen LogP contribution is 2.30. The van der Waals surface area contributed by atoms with Crippen LogP contribution in [-0.4, -0.2) is 31.6 Å². The number of aromatic hydroxyl groups is 2. The third-order valence-electron chi connectivity index (χ3n) is 2.55. The van der Waals surface area contributed by atoms with Gasteiger partial charge in [0.15, 0.2) is 0 Å². The molecule has 0 fully saturated rings. The van der Waals surface area contributed by atoms with Gasteiger partial charge >= 0.3 is 5.97 Å². The number of hydrogen-bond donors (Lipinski definition) is 4. The van der Waals surface area contributed by atoms with Gasteiger partial charge in [0.2, 0.25) is 0 Å². The summed E-state index contributed by atoms with van der Waals surface area (Å²) >= 11 is 0.813. The Bertz CT molecular complexity index is 675. The van der Waals surface area contributed by atoms with Crippen LogP contribution in [0.15, 0.2) is 18.2 Å². The van der Waals surface area contributed by atoms with E-state index in [1.165, 1.54) is 25.1 Å². The number of nitrogens with zero attached hydrogens (tertiary/aromatic N) is 1. The minimum absolute atomic E-state index is 0.0441. The van der Waals surface area contributed by atoms with Crippen LogP contribution >= 0.6 is 11.5 Å². The molecule has 0 atom stereocenters. The molecular weight excluding hydrogens is 284 g/mol. The molecule has 1 heterocycles. The van der Waals surface area contributed by atoms with E-state index in [2.05, 4.69) is 9.69 Å². The molecule has 1 aromatic carbocycles. The SMILES string of the molecule is Cc1nsc(NC(=O)c2c(O)cccc2O)c1C(=O)O. The molecule has 20 heavy (non-hydrogen) atoms. The summed E-state index contributed by atoms with van der Waals surface area (Å²) in [5.74, 6) is -2.83. The number of carboxylic acids is 1. The van der Waals surface area contributed by atoms with Crippen molar-refractivity contribution >= 4 is 28.4 Å². The van der Waals surface area contributed by atoms with Crippen LogP contribution < -0.4 is 5.32 Å². The summed E-state index contributed by atoms with van der Waals surface area (Å²) in [5.41, 5.74) is -0.160. The van der Waals surface area contributed by atoms with Gasteiger partial charge in [0, 0.05) is 0 Å². The third-order valence-corrected chi connectivity index (χ3v) is 3.41. The van der Waals surface area contributed by atoms with Crippen molar-refractivity contribution in [1.29, 1.82) is 0 Å². The van der Waals surface area contributed by atoms with Crippen LogP contribution in [0.3, 0.4) is 0 Å². The molecule has 0 radical (unpaired) electrons. The quantitative estimate of drug-likeness (QED) is 0.685. The minimum atomic E-state index is -1.21. The Morgan fingerprint density at radius 1 is 1.20 bits per heavy atom. The van der Waals surface area contributed by atoms with Crippen molar-refractivity contribution in [2.45, 2.75) is 6.92 Å². The molecule has 1 amide bonds. The second-order valence-electron chi connectivity index (χ2n) is 3.90. The lowest BCUT2D eigenvalue weighted by Crippen LogP contribution is -2.14. The zero-order valence-corrected chi connectivity index (χ0v) is 11.1. The maximum absolute atomic E-state index is 12.0. The molecule has 0 aliphatic rings. The van der Waals surface area contributed by atoms with Gasteiger partial charge in [-0.25, -0.2) is 4.79 Å². The first-order valence-electron chi connectivity index (χ1n) is 5.43. The summed E-state index contributed by atoms with van der Waals surface area (Å²) in [4.78, 5) is 23.1. The van der Waals surface area contributed by atoms with Crippen LogP contribution in [0.1, 0.15) is 26.4 Å². The lowest BCUT2D eigenvalue weighted by molar-refractivity contribution is 0.0697. The van der Waals surface area contributed by atoms with E-state index < -0.39 is 23.4 Å². The van der Waals surface area contributed by atoms with Gasteiger partial charge in [-0.05, 0) is 30.6 Å². The Hall–Kier alpha value is -2.61. The van der Waals surface area contributed by atoms with Gasteiger partial charge in [-0.15, -0.1) is 0 Å². The van der Waals surface area contributed by atoms with Crippen LogP contribution in [0, 0.1) is 6.92 Å². The lowest BCUT2D eigenvalue weighted by Gasteiger charge is -2.07. The molecule has 0 spiro atoms. The Balaban J connectivity index is 2.36. The number of aromatic carboxylic acids is 1. The number of phenols is 2. The molecule has 2 aromatic rings. The van der Waals surface area contributed by atoms with Crippen molar-refractivity contribution < 1.29 is 24.9 Å². The van der Waals surface area contributed by atoms with E-state index in [0.29, 0.717) is 0 Å². The summed E-state index contributed by atoms with van der Waals surface area (Å²) in [6.45, 7) is 1.51. The number of rotatable bonds is 3. The van der Waals surface area contributed by atoms with Crippen molar-refractivity contribution in [3.05, 3.63) is 35.0 Å². The number of carbonyl (C=O) groups excluding carboxylic acids is 1. The molecule has 0 unspecified atom stereocenters. The number of phenolic OH excluding ortho intramolecular Hbond substituents is 2. The molecule has 8 heteroatoms. The van der Waals surface area contributed by atoms with E-state index in [0.717, 1.165) is 11.5 Å². The molecule has 104 valence electrons. The van der Waals surface area contributed by atoms with E-state index in [1.807, 2.05) is 0 Å². The fourth-order valence-corrected chi connectivity index (χ4v) is 2.42. The maximum Gasteiger partial charge on any atom is 0.340 e. The summed E-state index contributed by atoms with van der Waals surface area (Å²) in [5, 5.41) is 30.6. The highest BCUT2D eigenvalue weighted by molar-refractivity contribution is 7.11. The normalized spacial score (nSPS) is 10.2. The molecule has 0 saturated carbocycles. The maximum atomic E-state index is 12.0. The van der Waals surface area contributed by atoms with Crippen LogP contribution in [-0.2, 0) is 0 Å². The number of nitrogens with one attached hydrogen (secondary N) is 1. The van der Waals surface area contributed by atoms with E-state index >= 15 is 0 Å². The number of amides is 1. The third kappa shape index (κ3) is 2.41. The number of aryl methyl sites for hydroxylation is 1. The van der Waals surface area contributed by atoms with E-state index in [1.54, 1.807) is 0 Å². The summed E-state index contributed by atoms with van der Waals surface area (Å²) in [6.07, 6.45) is 0. The number of carboxylic acid groups (broad SMARTS) is 1. The van der Waals surface area contributed by atoms with Crippen molar-refractivity contribution in [2.24, 2.45) is 0 Å². The first-order chi connectivity index (χ1) is 9.41. The van der Waals surface area contributed by atoms with E-state index in [-0.39, 0.29) is 21.8 Å².